The fraction of sp³-hybridized carbons (Fsp3) is 0.905. The Bertz CT molecular complexity index is 286. The molecule has 0 N–H and O–H groups in total. The molecule has 1 rings (SSSR count). The molecule has 0 aliphatic heterocycles. The van der Waals surface area contributed by atoms with E-state index in [4.69, 9.17) is 9.47 Å². The van der Waals surface area contributed by atoms with Crippen LogP contribution in [0.15, 0.2) is 12.2 Å². The predicted octanol–water partition coefficient (Wildman–Crippen LogP) is 6.15. The second kappa shape index (κ2) is 14.0. The van der Waals surface area contributed by atoms with Crippen LogP contribution in [0.4, 0.5) is 0 Å². The van der Waals surface area contributed by atoms with Crippen LogP contribution in [0, 0.1) is 11.8 Å². The van der Waals surface area contributed by atoms with Gasteiger partial charge < -0.3 is 9.47 Å². The van der Waals surface area contributed by atoms with Crippen molar-refractivity contribution in [3.63, 3.8) is 0 Å². The van der Waals surface area contributed by atoms with Gasteiger partial charge >= 0.3 is 0 Å². The van der Waals surface area contributed by atoms with E-state index in [-0.39, 0.29) is 0 Å². The maximum Gasteiger partial charge on any atom is 0.0787 e. The number of unbranched alkanes of at least 4 members (excludes halogenated alkanes) is 6. The van der Waals surface area contributed by atoms with Gasteiger partial charge in [-0.05, 0) is 37.5 Å². The lowest BCUT2D eigenvalue weighted by atomic mass is 10.0. The summed E-state index contributed by atoms with van der Waals surface area (Å²) in [5.41, 5.74) is 0. The standard InChI is InChI=1S/C21H40O2/c1-4-5-6-7-8-9-10-16-23-21-13-11-12-20(21)15-18-22-17-14-19(2)3/h11,13,19-21H,4-10,12,14-18H2,1-3H3/t20-,21-/m0/s1. The highest BCUT2D eigenvalue weighted by Gasteiger charge is 2.22. The first-order chi connectivity index (χ1) is 11.2. The predicted molar refractivity (Wildman–Crippen MR) is 99.9 cm³/mol. The van der Waals surface area contributed by atoms with Crippen LogP contribution in [0.25, 0.3) is 0 Å². The molecule has 0 saturated heterocycles. The van der Waals surface area contributed by atoms with Crippen molar-refractivity contribution in [1.82, 2.24) is 0 Å². The van der Waals surface area contributed by atoms with Crippen molar-refractivity contribution in [1.29, 1.82) is 0 Å². The van der Waals surface area contributed by atoms with Crippen LogP contribution >= 0.6 is 0 Å². The largest absolute Gasteiger partial charge is 0.381 e. The van der Waals surface area contributed by atoms with Crippen molar-refractivity contribution < 1.29 is 9.47 Å². The Labute approximate surface area is 145 Å². The monoisotopic (exact) mass is 324 g/mol. The third-order valence-corrected chi connectivity index (χ3v) is 4.76. The zero-order chi connectivity index (χ0) is 16.8. The second-order valence-corrected chi connectivity index (χ2v) is 7.46. The van der Waals surface area contributed by atoms with E-state index in [9.17, 15) is 0 Å². The number of ether oxygens (including phenoxy) is 2. The van der Waals surface area contributed by atoms with E-state index in [0.29, 0.717) is 12.0 Å². The van der Waals surface area contributed by atoms with E-state index in [1.165, 1.54) is 51.4 Å². The summed E-state index contributed by atoms with van der Waals surface area (Å²) in [4.78, 5) is 0. The van der Waals surface area contributed by atoms with Crippen molar-refractivity contribution in [2.45, 2.75) is 91.1 Å². The molecule has 0 heterocycles. The van der Waals surface area contributed by atoms with Gasteiger partial charge in [0.2, 0.25) is 0 Å². The van der Waals surface area contributed by atoms with Crippen molar-refractivity contribution in [2.24, 2.45) is 11.8 Å². The Morgan fingerprint density at radius 2 is 1.70 bits per heavy atom. The smallest absolute Gasteiger partial charge is 0.0787 e. The first-order valence-electron chi connectivity index (χ1n) is 10.1. The molecule has 0 aromatic rings. The van der Waals surface area contributed by atoms with Gasteiger partial charge in [0.1, 0.15) is 0 Å². The first-order valence-corrected chi connectivity index (χ1v) is 10.1. The van der Waals surface area contributed by atoms with Crippen LogP contribution in [0.5, 0.6) is 0 Å². The number of rotatable bonds is 15. The van der Waals surface area contributed by atoms with Crippen LogP contribution in [-0.4, -0.2) is 25.9 Å². The van der Waals surface area contributed by atoms with Gasteiger partial charge in [-0.25, -0.2) is 0 Å². The zero-order valence-corrected chi connectivity index (χ0v) is 15.9. The fourth-order valence-electron chi connectivity index (χ4n) is 3.09. The topological polar surface area (TPSA) is 18.5 Å². The summed E-state index contributed by atoms with van der Waals surface area (Å²) in [5.74, 6) is 1.37. The molecule has 0 aromatic heterocycles. The van der Waals surface area contributed by atoms with E-state index in [2.05, 4.69) is 32.9 Å². The molecule has 0 spiro atoms. The Hall–Kier alpha value is -0.340. The van der Waals surface area contributed by atoms with E-state index in [0.717, 1.165) is 38.6 Å². The molecular weight excluding hydrogens is 284 g/mol. The highest BCUT2D eigenvalue weighted by atomic mass is 16.5. The minimum absolute atomic E-state index is 0.337. The van der Waals surface area contributed by atoms with E-state index < -0.39 is 0 Å². The fourth-order valence-corrected chi connectivity index (χ4v) is 3.09. The first kappa shape index (κ1) is 20.7. The highest BCUT2D eigenvalue weighted by molar-refractivity contribution is 5.02. The molecule has 2 heteroatoms. The summed E-state index contributed by atoms with van der Waals surface area (Å²) in [6, 6.07) is 0. The lowest BCUT2D eigenvalue weighted by molar-refractivity contribution is 0.0318. The van der Waals surface area contributed by atoms with Crippen molar-refractivity contribution in [3.8, 4) is 0 Å². The summed E-state index contributed by atoms with van der Waals surface area (Å²) in [5, 5.41) is 0. The normalized spacial score (nSPS) is 20.7. The van der Waals surface area contributed by atoms with Gasteiger partial charge in [-0.1, -0.05) is 71.4 Å². The van der Waals surface area contributed by atoms with Crippen LogP contribution in [-0.2, 0) is 9.47 Å². The summed E-state index contributed by atoms with van der Waals surface area (Å²) >= 11 is 0. The Balaban J connectivity index is 1.97. The molecule has 0 saturated carbocycles. The van der Waals surface area contributed by atoms with Crippen molar-refractivity contribution in [3.05, 3.63) is 12.2 Å². The van der Waals surface area contributed by atoms with Crippen molar-refractivity contribution >= 4 is 0 Å². The molecule has 0 fully saturated rings. The Morgan fingerprint density at radius 1 is 0.957 bits per heavy atom. The minimum Gasteiger partial charge on any atom is -0.381 e. The van der Waals surface area contributed by atoms with Gasteiger partial charge in [-0.15, -0.1) is 0 Å². The zero-order valence-electron chi connectivity index (χ0n) is 15.9. The molecule has 2 atom stereocenters. The van der Waals surface area contributed by atoms with Crippen LogP contribution < -0.4 is 0 Å². The highest BCUT2D eigenvalue weighted by Crippen LogP contribution is 2.25. The lowest BCUT2D eigenvalue weighted by Gasteiger charge is -2.20. The van der Waals surface area contributed by atoms with Crippen LogP contribution in [0.3, 0.4) is 0 Å². The van der Waals surface area contributed by atoms with E-state index in [1.807, 2.05) is 0 Å². The second-order valence-electron chi connectivity index (χ2n) is 7.46. The lowest BCUT2D eigenvalue weighted by Crippen LogP contribution is -2.20. The molecule has 0 amide bonds. The van der Waals surface area contributed by atoms with Gasteiger partial charge in [0.15, 0.2) is 0 Å². The minimum atomic E-state index is 0.337. The molecule has 23 heavy (non-hydrogen) atoms. The third kappa shape index (κ3) is 10.9. The molecule has 1 aliphatic rings. The van der Waals surface area contributed by atoms with Gasteiger partial charge in [0.05, 0.1) is 6.10 Å². The molecular formula is C21H40O2. The quantitative estimate of drug-likeness (QED) is 0.266. The molecule has 2 nitrogen and oxygen atoms in total. The maximum atomic E-state index is 6.10. The maximum absolute atomic E-state index is 6.10. The molecule has 136 valence electrons. The van der Waals surface area contributed by atoms with Crippen molar-refractivity contribution in [2.75, 3.05) is 19.8 Å². The number of hydrogen-bond acceptors (Lipinski definition) is 2. The number of hydrogen-bond donors (Lipinski definition) is 0. The number of allylic oxidation sites excluding steroid dienone is 1. The van der Waals surface area contributed by atoms with Gasteiger partial charge in [0.25, 0.3) is 0 Å². The molecule has 0 aromatic carbocycles. The summed E-state index contributed by atoms with van der Waals surface area (Å²) in [6.45, 7) is 9.48. The summed E-state index contributed by atoms with van der Waals surface area (Å²) in [6.07, 6.45) is 17.8. The van der Waals surface area contributed by atoms with Gasteiger partial charge in [-0.2, -0.15) is 0 Å². The van der Waals surface area contributed by atoms with E-state index >= 15 is 0 Å². The average molecular weight is 325 g/mol. The SMILES string of the molecule is CCCCCCCCCO[C@H]1C=CC[C@H]1CCOCCC(C)C. The molecule has 0 unspecified atom stereocenters. The van der Waals surface area contributed by atoms with Gasteiger partial charge in [-0.3, -0.25) is 0 Å². The van der Waals surface area contributed by atoms with E-state index in [1.54, 1.807) is 0 Å². The summed E-state index contributed by atoms with van der Waals surface area (Å²) < 4.78 is 11.9. The molecule has 0 radical (unpaired) electrons. The Morgan fingerprint density at radius 3 is 2.43 bits per heavy atom. The Kier molecular flexibility index (Phi) is 12.6. The molecule has 1 aliphatic carbocycles. The van der Waals surface area contributed by atoms with Crippen LogP contribution in [0.2, 0.25) is 0 Å². The third-order valence-electron chi connectivity index (χ3n) is 4.76. The summed E-state index contributed by atoms with van der Waals surface area (Å²) in [7, 11) is 0. The average Bonchev–Trinajstić information content (AvgIpc) is 2.97. The van der Waals surface area contributed by atoms with Gasteiger partial charge in [0, 0.05) is 19.8 Å². The van der Waals surface area contributed by atoms with Crippen LogP contribution in [0.1, 0.15) is 85.0 Å². The molecule has 0 bridgehead atoms.